The molecule has 0 aliphatic carbocycles. The molecule has 3 nitrogen and oxygen atoms in total. The molecule has 0 aromatic carbocycles. The number of rotatable bonds is 7. The Hall–Kier alpha value is -0.480. The summed E-state index contributed by atoms with van der Waals surface area (Å²) in [5.74, 6) is 2.33. The van der Waals surface area contributed by atoms with Gasteiger partial charge in [0.1, 0.15) is 5.82 Å². The summed E-state index contributed by atoms with van der Waals surface area (Å²) in [6, 6.07) is 0.514. The van der Waals surface area contributed by atoms with E-state index in [1.807, 2.05) is 25.0 Å². The van der Waals surface area contributed by atoms with E-state index in [9.17, 15) is 0 Å². The SMILES string of the molecule is CCn1ccnc1CC(CSC(C)C)NC. The van der Waals surface area contributed by atoms with E-state index in [-0.39, 0.29) is 0 Å². The molecule has 0 bridgehead atoms. The van der Waals surface area contributed by atoms with E-state index >= 15 is 0 Å². The first-order valence-electron chi connectivity index (χ1n) is 5.96. The molecule has 92 valence electrons. The molecule has 4 heteroatoms. The number of hydrogen-bond acceptors (Lipinski definition) is 3. The summed E-state index contributed by atoms with van der Waals surface area (Å²) in [6.45, 7) is 7.64. The second-order valence-electron chi connectivity index (χ2n) is 4.20. The molecule has 0 saturated heterocycles. The molecule has 0 fully saturated rings. The summed E-state index contributed by atoms with van der Waals surface area (Å²) in [5.41, 5.74) is 0. The molecule has 0 radical (unpaired) electrons. The van der Waals surface area contributed by atoms with Crippen LogP contribution in [-0.4, -0.2) is 33.6 Å². The van der Waals surface area contributed by atoms with Crippen LogP contribution >= 0.6 is 11.8 Å². The van der Waals surface area contributed by atoms with Crippen molar-refractivity contribution in [1.29, 1.82) is 0 Å². The lowest BCUT2D eigenvalue weighted by Gasteiger charge is -2.17. The van der Waals surface area contributed by atoms with Crippen LogP contribution in [0.1, 0.15) is 26.6 Å². The predicted molar refractivity (Wildman–Crippen MR) is 72.0 cm³/mol. The number of thioether (sulfide) groups is 1. The van der Waals surface area contributed by atoms with Crippen molar-refractivity contribution in [3.05, 3.63) is 18.2 Å². The number of aryl methyl sites for hydroxylation is 1. The number of nitrogens with zero attached hydrogens (tertiary/aromatic N) is 2. The van der Waals surface area contributed by atoms with E-state index in [1.54, 1.807) is 0 Å². The van der Waals surface area contributed by atoms with Gasteiger partial charge < -0.3 is 9.88 Å². The summed E-state index contributed by atoms with van der Waals surface area (Å²) in [7, 11) is 2.03. The summed E-state index contributed by atoms with van der Waals surface area (Å²) < 4.78 is 2.21. The fourth-order valence-corrected chi connectivity index (χ4v) is 2.49. The molecular weight excluding hydrogens is 218 g/mol. The average molecular weight is 241 g/mol. The molecule has 1 atom stereocenters. The maximum Gasteiger partial charge on any atom is 0.110 e. The van der Waals surface area contributed by atoms with E-state index in [4.69, 9.17) is 0 Å². The highest BCUT2D eigenvalue weighted by Crippen LogP contribution is 2.13. The van der Waals surface area contributed by atoms with Gasteiger partial charge in [0.15, 0.2) is 0 Å². The van der Waals surface area contributed by atoms with E-state index < -0.39 is 0 Å². The van der Waals surface area contributed by atoms with Crippen molar-refractivity contribution < 1.29 is 0 Å². The van der Waals surface area contributed by atoms with E-state index in [0.717, 1.165) is 18.7 Å². The van der Waals surface area contributed by atoms with Gasteiger partial charge in [-0.05, 0) is 19.2 Å². The molecule has 0 spiro atoms. The van der Waals surface area contributed by atoms with Crippen LogP contribution in [0.2, 0.25) is 0 Å². The zero-order chi connectivity index (χ0) is 12.0. The molecule has 1 heterocycles. The Bertz CT molecular complexity index is 296. The van der Waals surface area contributed by atoms with Crippen molar-refractivity contribution in [3.8, 4) is 0 Å². The second kappa shape index (κ2) is 6.97. The fraction of sp³-hybridized carbons (Fsp3) is 0.750. The highest BCUT2D eigenvalue weighted by molar-refractivity contribution is 7.99. The lowest BCUT2D eigenvalue weighted by molar-refractivity contribution is 0.572. The van der Waals surface area contributed by atoms with E-state index in [0.29, 0.717) is 11.3 Å². The third kappa shape index (κ3) is 4.18. The lowest BCUT2D eigenvalue weighted by atomic mass is 10.2. The summed E-state index contributed by atoms with van der Waals surface area (Å²) in [5, 5.41) is 4.07. The predicted octanol–water partition coefficient (Wildman–Crippen LogP) is 2.18. The van der Waals surface area contributed by atoms with Gasteiger partial charge in [0.25, 0.3) is 0 Å². The van der Waals surface area contributed by atoms with Crippen molar-refractivity contribution >= 4 is 11.8 Å². The number of imidazole rings is 1. The molecule has 16 heavy (non-hydrogen) atoms. The fourth-order valence-electron chi connectivity index (χ4n) is 1.59. The molecule has 0 amide bonds. The lowest BCUT2D eigenvalue weighted by Crippen LogP contribution is -2.31. The van der Waals surface area contributed by atoms with Gasteiger partial charge in [0.2, 0.25) is 0 Å². The first kappa shape index (κ1) is 13.6. The minimum atomic E-state index is 0.514. The van der Waals surface area contributed by atoms with Gasteiger partial charge in [-0.2, -0.15) is 11.8 Å². The van der Waals surface area contributed by atoms with Gasteiger partial charge in [-0.3, -0.25) is 0 Å². The molecule has 0 aliphatic rings. The number of hydrogen-bond donors (Lipinski definition) is 1. The van der Waals surface area contributed by atoms with Crippen LogP contribution in [0.4, 0.5) is 0 Å². The maximum atomic E-state index is 4.42. The third-order valence-electron chi connectivity index (χ3n) is 2.61. The summed E-state index contributed by atoms with van der Waals surface area (Å²) in [6.07, 6.45) is 4.95. The highest BCUT2D eigenvalue weighted by Gasteiger charge is 2.11. The topological polar surface area (TPSA) is 29.9 Å². The normalized spacial score (nSPS) is 13.3. The second-order valence-corrected chi connectivity index (χ2v) is 5.81. The number of aromatic nitrogens is 2. The quantitative estimate of drug-likeness (QED) is 0.793. The first-order valence-corrected chi connectivity index (χ1v) is 7.01. The third-order valence-corrected chi connectivity index (χ3v) is 3.87. The largest absolute Gasteiger partial charge is 0.335 e. The molecule has 0 aliphatic heterocycles. The van der Waals surface area contributed by atoms with Gasteiger partial charge in [0, 0.05) is 37.2 Å². The smallest absolute Gasteiger partial charge is 0.110 e. The van der Waals surface area contributed by atoms with Crippen LogP contribution in [0.25, 0.3) is 0 Å². The Morgan fingerprint density at radius 3 is 2.81 bits per heavy atom. The molecular formula is C12H23N3S. The molecule has 1 unspecified atom stereocenters. The van der Waals surface area contributed by atoms with Crippen LogP contribution in [0, 0.1) is 0 Å². The minimum absolute atomic E-state index is 0.514. The van der Waals surface area contributed by atoms with Crippen molar-refractivity contribution in [2.45, 2.75) is 45.0 Å². The molecule has 1 aromatic rings. The van der Waals surface area contributed by atoms with Gasteiger partial charge >= 0.3 is 0 Å². The Labute approximate surface area is 103 Å². The average Bonchev–Trinajstić information content (AvgIpc) is 2.70. The molecule has 1 N–H and O–H groups in total. The monoisotopic (exact) mass is 241 g/mol. The minimum Gasteiger partial charge on any atom is -0.335 e. The Morgan fingerprint density at radius 1 is 1.50 bits per heavy atom. The Kier molecular flexibility index (Phi) is 5.91. The summed E-state index contributed by atoms with van der Waals surface area (Å²) in [4.78, 5) is 4.42. The van der Waals surface area contributed by atoms with E-state index in [2.05, 4.69) is 41.8 Å². The Morgan fingerprint density at radius 2 is 2.25 bits per heavy atom. The van der Waals surface area contributed by atoms with Crippen LogP contribution in [0.15, 0.2) is 12.4 Å². The van der Waals surface area contributed by atoms with Crippen molar-refractivity contribution in [2.24, 2.45) is 0 Å². The zero-order valence-electron chi connectivity index (χ0n) is 10.7. The van der Waals surface area contributed by atoms with Crippen LogP contribution in [0.5, 0.6) is 0 Å². The van der Waals surface area contributed by atoms with Gasteiger partial charge in [0.05, 0.1) is 0 Å². The highest BCUT2D eigenvalue weighted by atomic mass is 32.2. The van der Waals surface area contributed by atoms with Crippen molar-refractivity contribution in [1.82, 2.24) is 14.9 Å². The zero-order valence-corrected chi connectivity index (χ0v) is 11.5. The van der Waals surface area contributed by atoms with Crippen LogP contribution in [-0.2, 0) is 13.0 Å². The molecule has 1 rings (SSSR count). The maximum absolute atomic E-state index is 4.42. The molecule has 1 aromatic heterocycles. The Balaban J connectivity index is 2.49. The van der Waals surface area contributed by atoms with Crippen LogP contribution in [0.3, 0.4) is 0 Å². The van der Waals surface area contributed by atoms with Crippen LogP contribution < -0.4 is 5.32 Å². The van der Waals surface area contributed by atoms with Gasteiger partial charge in [-0.15, -0.1) is 0 Å². The van der Waals surface area contributed by atoms with Crippen molar-refractivity contribution in [3.63, 3.8) is 0 Å². The number of likely N-dealkylation sites (N-methyl/N-ethyl adjacent to an activating group) is 1. The standard InChI is InChI=1S/C12H23N3S/c1-5-15-7-6-14-12(15)8-11(13-4)9-16-10(2)3/h6-7,10-11,13H,5,8-9H2,1-4H3. The van der Waals surface area contributed by atoms with E-state index in [1.165, 1.54) is 5.82 Å². The first-order chi connectivity index (χ1) is 7.67. The summed E-state index contributed by atoms with van der Waals surface area (Å²) >= 11 is 2.00. The van der Waals surface area contributed by atoms with Gasteiger partial charge in [-0.25, -0.2) is 4.98 Å². The van der Waals surface area contributed by atoms with Crippen molar-refractivity contribution in [2.75, 3.05) is 12.8 Å². The molecule has 0 saturated carbocycles. The number of nitrogens with one attached hydrogen (secondary N) is 1. The van der Waals surface area contributed by atoms with Gasteiger partial charge in [-0.1, -0.05) is 13.8 Å².